The molecule has 7 heteroatoms. The SMILES string of the molecule is COc1ccc(-c2nn(-c3ccccc3)cc2C(=O)N2CCc3cc(OC)c(OC)cc3C2)cc1. The van der Waals surface area contributed by atoms with Gasteiger partial charge in [0.05, 0.1) is 32.6 Å². The minimum atomic E-state index is -0.0570. The van der Waals surface area contributed by atoms with Crippen molar-refractivity contribution < 1.29 is 19.0 Å². The van der Waals surface area contributed by atoms with Gasteiger partial charge in [0.15, 0.2) is 11.5 Å². The van der Waals surface area contributed by atoms with E-state index in [9.17, 15) is 4.79 Å². The van der Waals surface area contributed by atoms with Crippen molar-refractivity contribution in [2.45, 2.75) is 13.0 Å². The number of para-hydroxylation sites is 1. The molecule has 0 atom stereocenters. The molecule has 1 aliphatic heterocycles. The lowest BCUT2D eigenvalue weighted by Crippen LogP contribution is -2.36. The zero-order chi connectivity index (χ0) is 24.4. The van der Waals surface area contributed by atoms with E-state index in [-0.39, 0.29) is 5.91 Å². The summed E-state index contributed by atoms with van der Waals surface area (Å²) in [5, 5.41) is 4.81. The van der Waals surface area contributed by atoms with Gasteiger partial charge in [-0.15, -0.1) is 0 Å². The number of fused-ring (bicyclic) bond motifs is 1. The van der Waals surface area contributed by atoms with E-state index in [1.165, 1.54) is 5.56 Å². The molecule has 1 aliphatic rings. The lowest BCUT2D eigenvalue weighted by atomic mass is 9.98. The zero-order valence-electron chi connectivity index (χ0n) is 20.0. The first-order valence-corrected chi connectivity index (χ1v) is 11.4. The van der Waals surface area contributed by atoms with Crippen molar-refractivity contribution in [1.82, 2.24) is 14.7 Å². The molecule has 0 radical (unpaired) electrons. The second-order valence-corrected chi connectivity index (χ2v) is 8.35. The maximum Gasteiger partial charge on any atom is 0.258 e. The van der Waals surface area contributed by atoms with Crippen molar-refractivity contribution in [1.29, 1.82) is 0 Å². The maximum atomic E-state index is 13.8. The van der Waals surface area contributed by atoms with E-state index in [0.717, 1.165) is 29.0 Å². The van der Waals surface area contributed by atoms with Crippen molar-refractivity contribution in [2.24, 2.45) is 0 Å². The Morgan fingerprint density at radius 2 is 1.54 bits per heavy atom. The summed E-state index contributed by atoms with van der Waals surface area (Å²) in [4.78, 5) is 15.7. The first-order valence-electron chi connectivity index (χ1n) is 11.4. The molecule has 0 N–H and O–H groups in total. The summed E-state index contributed by atoms with van der Waals surface area (Å²) in [7, 11) is 4.88. The number of amides is 1. The van der Waals surface area contributed by atoms with Crippen LogP contribution in [0.2, 0.25) is 0 Å². The maximum absolute atomic E-state index is 13.8. The van der Waals surface area contributed by atoms with Gasteiger partial charge < -0.3 is 19.1 Å². The molecule has 0 aliphatic carbocycles. The normalized spacial score (nSPS) is 12.7. The van der Waals surface area contributed by atoms with Crippen LogP contribution in [0.5, 0.6) is 17.2 Å². The number of carbonyl (C=O) groups excluding carboxylic acids is 1. The fraction of sp³-hybridized carbons (Fsp3) is 0.214. The van der Waals surface area contributed by atoms with Gasteiger partial charge in [0.2, 0.25) is 0 Å². The number of hydrogen-bond acceptors (Lipinski definition) is 5. The van der Waals surface area contributed by atoms with Gasteiger partial charge >= 0.3 is 0 Å². The molecule has 0 saturated carbocycles. The number of aromatic nitrogens is 2. The highest BCUT2D eigenvalue weighted by Gasteiger charge is 2.27. The molecule has 0 unspecified atom stereocenters. The largest absolute Gasteiger partial charge is 0.497 e. The predicted octanol–water partition coefficient (Wildman–Crippen LogP) is 4.76. The van der Waals surface area contributed by atoms with E-state index in [1.807, 2.05) is 77.8 Å². The number of nitrogens with zero attached hydrogens (tertiary/aromatic N) is 3. The van der Waals surface area contributed by atoms with Crippen LogP contribution in [0, 0.1) is 0 Å². The minimum Gasteiger partial charge on any atom is -0.497 e. The Hall–Kier alpha value is -4.26. The lowest BCUT2D eigenvalue weighted by molar-refractivity contribution is 0.0735. The Kier molecular flexibility index (Phi) is 6.14. The Morgan fingerprint density at radius 3 is 2.20 bits per heavy atom. The van der Waals surface area contributed by atoms with Crippen LogP contribution in [0.15, 0.2) is 72.9 Å². The van der Waals surface area contributed by atoms with Crippen molar-refractivity contribution in [3.05, 3.63) is 89.6 Å². The van der Waals surface area contributed by atoms with Crippen LogP contribution in [-0.2, 0) is 13.0 Å². The summed E-state index contributed by atoms with van der Waals surface area (Å²) in [5.41, 5.74) is 5.17. The van der Waals surface area contributed by atoms with Crippen LogP contribution in [0.1, 0.15) is 21.5 Å². The first kappa shape index (κ1) is 22.5. The third-order valence-electron chi connectivity index (χ3n) is 6.33. The summed E-state index contributed by atoms with van der Waals surface area (Å²) >= 11 is 0. The van der Waals surface area contributed by atoms with Gasteiger partial charge in [-0.1, -0.05) is 18.2 Å². The van der Waals surface area contributed by atoms with Crippen LogP contribution in [0.25, 0.3) is 16.9 Å². The molecular formula is C28H27N3O4. The Morgan fingerprint density at radius 1 is 0.857 bits per heavy atom. The third-order valence-corrected chi connectivity index (χ3v) is 6.33. The van der Waals surface area contributed by atoms with Gasteiger partial charge in [-0.25, -0.2) is 4.68 Å². The number of ether oxygens (including phenoxy) is 3. The molecule has 0 bridgehead atoms. The van der Waals surface area contributed by atoms with Crippen LogP contribution in [0.3, 0.4) is 0 Å². The zero-order valence-corrected chi connectivity index (χ0v) is 20.0. The van der Waals surface area contributed by atoms with Crippen LogP contribution >= 0.6 is 0 Å². The van der Waals surface area contributed by atoms with Crippen molar-refractivity contribution in [3.8, 4) is 34.2 Å². The van der Waals surface area contributed by atoms with E-state index >= 15 is 0 Å². The predicted molar refractivity (Wildman–Crippen MR) is 134 cm³/mol. The van der Waals surface area contributed by atoms with E-state index in [2.05, 4.69) is 0 Å². The Bertz CT molecular complexity index is 1350. The second kappa shape index (κ2) is 9.54. The third kappa shape index (κ3) is 4.33. The van der Waals surface area contributed by atoms with E-state index in [4.69, 9.17) is 19.3 Å². The molecule has 3 aromatic carbocycles. The molecule has 1 amide bonds. The molecule has 35 heavy (non-hydrogen) atoms. The molecule has 2 heterocycles. The summed E-state index contributed by atoms with van der Waals surface area (Å²) in [5.74, 6) is 2.06. The van der Waals surface area contributed by atoms with Crippen molar-refractivity contribution in [3.63, 3.8) is 0 Å². The Balaban J connectivity index is 1.52. The monoisotopic (exact) mass is 469 g/mol. The fourth-order valence-corrected chi connectivity index (χ4v) is 4.43. The fourth-order valence-electron chi connectivity index (χ4n) is 4.43. The second-order valence-electron chi connectivity index (χ2n) is 8.35. The number of methoxy groups -OCH3 is 3. The average Bonchev–Trinajstić information content (AvgIpc) is 3.37. The molecule has 0 fully saturated rings. The number of carbonyl (C=O) groups is 1. The van der Waals surface area contributed by atoms with Crippen molar-refractivity contribution >= 4 is 5.91 Å². The molecule has 1 aromatic heterocycles. The van der Waals surface area contributed by atoms with Gasteiger partial charge in [-0.3, -0.25) is 4.79 Å². The number of benzene rings is 3. The molecule has 4 aromatic rings. The van der Waals surface area contributed by atoms with E-state index in [0.29, 0.717) is 35.8 Å². The van der Waals surface area contributed by atoms with Crippen molar-refractivity contribution in [2.75, 3.05) is 27.9 Å². The van der Waals surface area contributed by atoms with Gasteiger partial charge in [-0.05, 0) is 66.1 Å². The van der Waals surface area contributed by atoms with Gasteiger partial charge in [0.25, 0.3) is 5.91 Å². The van der Waals surface area contributed by atoms with Gasteiger partial charge in [-0.2, -0.15) is 5.10 Å². The van der Waals surface area contributed by atoms with Crippen LogP contribution in [0.4, 0.5) is 0 Å². The molecule has 0 spiro atoms. The molecule has 7 nitrogen and oxygen atoms in total. The molecule has 0 saturated heterocycles. The van der Waals surface area contributed by atoms with Crippen LogP contribution < -0.4 is 14.2 Å². The minimum absolute atomic E-state index is 0.0570. The van der Waals surface area contributed by atoms with Gasteiger partial charge in [0, 0.05) is 24.8 Å². The quantitative estimate of drug-likeness (QED) is 0.407. The number of hydrogen-bond donors (Lipinski definition) is 0. The molecule has 178 valence electrons. The summed E-state index contributed by atoms with van der Waals surface area (Å²) in [6, 6.07) is 21.4. The Labute approximate surface area is 204 Å². The van der Waals surface area contributed by atoms with E-state index < -0.39 is 0 Å². The average molecular weight is 470 g/mol. The van der Waals surface area contributed by atoms with Crippen LogP contribution in [-0.4, -0.2) is 48.5 Å². The highest BCUT2D eigenvalue weighted by Crippen LogP contribution is 2.34. The first-order chi connectivity index (χ1) is 17.1. The van der Waals surface area contributed by atoms with Gasteiger partial charge in [0.1, 0.15) is 11.4 Å². The summed E-state index contributed by atoms with van der Waals surface area (Å²) < 4.78 is 18.0. The number of rotatable bonds is 6. The highest BCUT2D eigenvalue weighted by atomic mass is 16.5. The smallest absolute Gasteiger partial charge is 0.258 e. The van der Waals surface area contributed by atoms with E-state index in [1.54, 1.807) is 26.0 Å². The topological polar surface area (TPSA) is 65.8 Å². The molecular weight excluding hydrogens is 442 g/mol. The lowest BCUT2D eigenvalue weighted by Gasteiger charge is -2.29. The highest BCUT2D eigenvalue weighted by molar-refractivity contribution is 6.00. The standard InChI is InChI=1S/C28H27N3O4/c1-33-23-11-9-19(10-12-23)27-24(18-31(29-27)22-7-5-4-6-8-22)28(32)30-14-13-20-15-25(34-2)26(35-3)16-21(20)17-30/h4-12,15-16,18H,13-14,17H2,1-3H3. The summed E-state index contributed by atoms with van der Waals surface area (Å²) in [6.45, 7) is 1.10. The summed E-state index contributed by atoms with van der Waals surface area (Å²) in [6.07, 6.45) is 2.56. The molecule has 5 rings (SSSR count).